The van der Waals surface area contributed by atoms with Gasteiger partial charge in [-0.3, -0.25) is 0 Å². The van der Waals surface area contributed by atoms with Crippen LogP contribution in [0.1, 0.15) is 12.8 Å². The maximum atomic E-state index is 11.3. The van der Waals surface area contributed by atoms with Gasteiger partial charge in [-0.15, -0.1) is 23.2 Å². The van der Waals surface area contributed by atoms with Crippen molar-refractivity contribution in [3.63, 3.8) is 0 Å². The number of alkyl halides is 2. The Kier molecular flexibility index (Phi) is 9.29. The molecule has 0 rings (SSSR count). The molecule has 0 N–H and O–H groups in total. The van der Waals surface area contributed by atoms with Crippen molar-refractivity contribution in [2.75, 3.05) is 34.8 Å². The summed E-state index contributed by atoms with van der Waals surface area (Å²) in [5.41, 5.74) is 0. The highest BCUT2D eigenvalue weighted by Gasteiger charge is 2.08. The SMILES string of the molecule is O=S(=O)(CC=CCCCS(=O)(=O)CCCl)CCCl. The Labute approximate surface area is 119 Å². The molecule has 0 aromatic heterocycles. The van der Waals surface area contributed by atoms with Gasteiger partial charge in [-0.25, -0.2) is 16.8 Å². The van der Waals surface area contributed by atoms with E-state index in [1.807, 2.05) is 0 Å². The first-order valence-electron chi connectivity index (χ1n) is 5.51. The molecule has 18 heavy (non-hydrogen) atoms. The molecule has 0 heterocycles. The van der Waals surface area contributed by atoms with Crippen LogP contribution in [0.25, 0.3) is 0 Å². The molecular weight excluding hydrogens is 319 g/mol. The summed E-state index contributed by atoms with van der Waals surface area (Å²) in [7, 11) is -6.17. The third-order valence-electron chi connectivity index (χ3n) is 2.12. The van der Waals surface area contributed by atoms with E-state index in [-0.39, 0.29) is 34.8 Å². The predicted octanol–water partition coefficient (Wildman–Crippen LogP) is 1.63. The Morgan fingerprint density at radius 1 is 0.778 bits per heavy atom. The van der Waals surface area contributed by atoms with E-state index in [1.165, 1.54) is 6.08 Å². The molecule has 0 aliphatic carbocycles. The lowest BCUT2D eigenvalue weighted by molar-refractivity contribution is 0.594. The highest BCUT2D eigenvalue weighted by molar-refractivity contribution is 7.91. The number of sulfone groups is 2. The molecule has 0 aromatic rings. The molecule has 108 valence electrons. The zero-order chi connectivity index (χ0) is 14.1. The number of allylic oxidation sites excluding steroid dienone is 1. The van der Waals surface area contributed by atoms with Crippen LogP contribution in [0.15, 0.2) is 12.2 Å². The Bertz CT molecular complexity index is 440. The Morgan fingerprint density at radius 3 is 1.89 bits per heavy atom. The molecule has 0 aromatic carbocycles. The van der Waals surface area contributed by atoms with Gasteiger partial charge < -0.3 is 0 Å². The van der Waals surface area contributed by atoms with E-state index in [0.29, 0.717) is 12.8 Å². The second-order valence-electron chi connectivity index (χ2n) is 3.76. The number of halogens is 2. The molecule has 0 unspecified atom stereocenters. The van der Waals surface area contributed by atoms with E-state index in [2.05, 4.69) is 0 Å². The van der Waals surface area contributed by atoms with Crippen molar-refractivity contribution in [3.8, 4) is 0 Å². The van der Waals surface area contributed by atoms with Crippen LogP contribution in [-0.4, -0.2) is 51.6 Å². The second kappa shape index (κ2) is 9.18. The molecule has 0 aliphatic heterocycles. The lowest BCUT2D eigenvalue weighted by Crippen LogP contribution is -2.12. The van der Waals surface area contributed by atoms with Gasteiger partial charge in [-0.1, -0.05) is 12.2 Å². The van der Waals surface area contributed by atoms with Gasteiger partial charge in [0.15, 0.2) is 19.7 Å². The molecule has 0 spiro atoms. The van der Waals surface area contributed by atoms with Crippen LogP contribution in [-0.2, 0) is 19.7 Å². The molecule has 0 bridgehead atoms. The van der Waals surface area contributed by atoms with Crippen molar-refractivity contribution < 1.29 is 16.8 Å². The average Bonchev–Trinajstić information content (AvgIpc) is 2.22. The Hall–Kier alpha value is 0.220. The minimum atomic E-state index is -3.11. The average molecular weight is 337 g/mol. The monoisotopic (exact) mass is 336 g/mol. The van der Waals surface area contributed by atoms with Crippen LogP contribution in [0.4, 0.5) is 0 Å². The second-order valence-corrected chi connectivity index (χ2v) is 9.05. The van der Waals surface area contributed by atoms with Gasteiger partial charge in [0, 0.05) is 11.8 Å². The molecule has 4 nitrogen and oxygen atoms in total. The van der Waals surface area contributed by atoms with Crippen molar-refractivity contribution >= 4 is 42.9 Å². The summed E-state index contributed by atoms with van der Waals surface area (Å²) in [5, 5.41) is 0. The lowest BCUT2D eigenvalue weighted by Gasteiger charge is -2.00. The van der Waals surface area contributed by atoms with E-state index in [4.69, 9.17) is 23.2 Å². The number of hydrogen-bond acceptors (Lipinski definition) is 4. The zero-order valence-corrected chi connectivity index (χ0v) is 13.2. The normalized spacial score (nSPS) is 13.2. The van der Waals surface area contributed by atoms with Crippen LogP contribution in [0.3, 0.4) is 0 Å². The first-order chi connectivity index (χ1) is 8.33. The molecule has 0 aliphatic rings. The number of hydrogen-bond donors (Lipinski definition) is 0. The van der Waals surface area contributed by atoms with Gasteiger partial charge in [0.2, 0.25) is 0 Å². The molecule has 0 amide bonds. The van der Waals surface area contributed by atoms with E-state index in [0.717, 1.165) is 0 Å². The largest absolute Gasteiger partial charge is 0.229 e. The smallest absolute Gasteiger partial charge is 0.155 e. The molecule has 0 fully saturated rings. The number of unbranched alkanes of at least 4 members (excludes halogenated alkanes) is 1. The summed E-state index contributed by atoms with van der Waals surface area (Å²) >= 11 is 10.7. The maximum Gasteiger partial charge on any atom is 0.155 e. The standard InChI is InChI=1S/C10H18Cl2O4S2/c11-5-9-17(13,14)7-3-1-2-4-8-18(15,16)10-6-12/h1,3H,2,4-10H2. The molecule has 0 saturated heterocycles. The van der Waals surface area contributed by atoms with Gasteiger partial charge in [-0.2, -0.15) is 0 Å². The first-order valence-corrected chi connectivity index (χ1v) is 10.2. The van der Waals surface area contributed by atoms with E-state index in [1.54, 1.807) is 6.08 Å². The van der Waals surface area contributed by atoms with Crippen LogP contribution in [0, 0.1) is 0 Å². The molecule has 0 radical (unpaired) electrons. The maximum absolute atomic E-state index is 11.3. The van der Waals surface area contributed by atoms with E-state index in [9.17, 15) is 16.8 Å². The van der Waals surface area contributed by atoms with Crippen LogP contribution < -0.4 is 0 Å². The van der Waals surface area contributed by atoms with Gasteiger partial charge in [0.25, 0.3) is 0 Å². The summed E-state index contributed by atoms with van der Waals surface area (Å²) in [4.78, 5) is 0. The van der Waals surface area contributed by atoms with Crippen molar-refractivity contribution in [2.45, 2.75) is 12.8 Å². The quantitative estimate of drug-likeness (QED) is 0.345. The fourth-order valence-corrected chi connectivity index (χ4v) is 4.46. The fraction of sp³-hybridized carbons (Fsp3) is 0.800. The van der Waals surface area contributed by atoms with E-state index < -0.39 is 19.7 Å². The van der Waals surface area contributed by atoms with Crippen molar-refractivity contribution in [1.82, 2.24) is 0 Å². The van der Waals surface area contributed by atoms with Crippen molar-refractivity contribution in [3.05, 3.63) is 12.2 Å². The minimum absolute atomic E-state index is 0.0115. The minimum Gasteiger partial charge on any atom is -0.229 e. The highest BCUT2D eigenvalue weighted by atomic mass is 35.5. The van der Waals surface area contributed by atoms with Crippen LogP contribution in [0.5, 0.6) is 0 Å². The number of rotatable bonds is 10. The fourth-order valence-electron chi connectivity index (χ4n) is 1.17. The Balaban J connectivity index is 3.86. The lowest BCUT2D eigenvalue weighted by atomic mass is 10.3. The first kappa shape index (κ1) is 18.2. The summed E-state index contributed by atoms with van der Waals surface area (Å²) in [6, 6.07) is 0. The third-order valence-corrected chi connectivity index (χ3v) is 6.21. The molecule has 0 saturated carbocycles. The summed E-state index contributed by atoms with van der Waals surface area (Å²) in [6.07, 6.45) is 4.24. The van der Waals surface area contributed by atoms with Crippen LogP contribution in [0.2, 0.25) is 0 Å². The molecule has 8 heteroatoms. The van der Waals surface area contributed by atoms with Gasteiger partial charge in [0.05, 0.1) is 23.0 Å². The zero-order valence-electron chi connectivity index (χ0n) is 10.0. The van der Waals surface area contributed by atoms with E-state index >= 15 is 0 Å². The topological polar surface area (TPSA) is 68.3 Å². The van der Waals surface area contributed by atoms with Gasteiger partial charge in [0.1, 0.15) is 0 Å². The predicted molar refractivity (Wildman–Crippen MR) is 77.1 cm³/mol. The summed E-state index contributed by atoms with van der Waals surface area (Å²) in [5.74, 6) is 0.180. The van der Waals surface area contributed by atoms with Gasteiger partial charge in [-0.05, 0) is 12.8 Å². The van der Waals surface area contributed by atoms with Crippen molar-refractivity contribution in [1.29, 1.82) is 0 Å². The molecule has 0 atom stereocenters. The highest BCUT2D eigenvalue weighted by Crippen LogP contribution is 2.01. The Morgan fingerprint density at radius 2 is 1.33 bits per heavy atom. The summed E-state index contributed by atoms with van der Waals surface area (Å²) < 4.78 is 45.1. The molecular formula is C10H18Cl2O4S2. The van der Waals surface area contributed by atoms with Gasteiger partial charge >= 0.3 is 0 Å². The van der Waals surface area contributed by atoms with Crippen LogP contribution >= 0.6 is 23.2 Å². The van der Waals surface area contributed by atoms with Crippen molar-refractivity contribution in [2.24, 2.45) is 0 Å². The summed E-state index contributed by atoms with van der Waals surface area (Å²) in [6.45, 7) is 0. The third kappa shape index (κ3) is 10.2.